The van der Waals surface area contributed by atoms with E-state index in [0.717, 1.165) is 0 Å². The van der Waals surface area contributed by atoms with E-state index in [9.17, 15) is 8.42 Å². The summed E-state index contributed by atoms with van der Waals surface area (Å²) < 4.78 is 27.0. The Labute approximate surface area is 124 Å². The maximum absolute atomic E-state index is 12.7. The van der Waals surface area contributed by atoms with Crippen LogP contribution in [0.2, 0.25) is 0 Å². The summed E-state index contributed by atoms with van der Waals surface area (Å²) in [7, 11) is -3.47. The van der Waals surface area contributed by atoms with Gasteiger partial charge in [0, 0.05) is 23.6 Å². The molecule has 0 saturated carbocycles. The van der Waals surface area contributed by atoms with Crippen LogP contribution in [-0.4, -0.2) is 36.3 Å². The molecule has 4 nitrogen and oxygen atoms in total. The molecule has 1 fully saturated rings. The number of sulfonamides is 1. The standard InChI is InChI=1S/C14H18N2O2S2/c1-10-6-13(7-15)4-5-14(10)20(17,18)16-8-11(2)19-12(3)9-16/h4-6,11-12H,8-9H2,1-3H3. The van der Waals surface area contributed by atoms with Crippen molar-refractivity contribution in [3.8, 4) is 6.07 Å². The summed E-state index contributed by atoms with van der Waals surface area (Å²) in [5.74, 6) is 0. The summed E-state index contributed by atoms with van der Waals surface area (Å²) in [6.45, 7) is 6.91. The zero-order valence-corrected chi connectivity index (χ0v) is 13.5. The number of rotatable bonds is 2. The van der Waals surface area contributed by atoms with Gasteiger partial charge >= 0.3 is 0 Å². The van der Waals surface area contributed by atoms with E-state index in [2.05, 4.69) is 13.8 Å². The van der Waals surface area contributed by atoms with Gasteiger partial charge in [0.2, 0.25) is 10.0 Å². The van der Waals surface area contributed by atoms with E-state index in [1.807, 2.05) is 17.8 Å². The summed E-state index contributed by atoms with van der Waals surface area (Å²) in [5, 5.41) is 9.46. The number of nitriles is 1. The highest BCUT2D eigenvalue weighted by Crippen LogP contribution is 2.30. The Hall–Kier alpha value is -1.03. The third-order valence-electron chi connectivity index (χ3n) is 3.31. The Bertz CT molecular complexity index is 640. The van der Waals surface area contributed by atoms with Crippen molar-refractivity contribution >= 4 is 21.8 Å². The van der Waals surface area contributed by atoms with Gasteiger partial charge in [0.05, 0.1) is 16.5 Å². The van der Waals surface area contributed by atoms with Crippen molar-refractivity contribution in [2.45, 2.75) is 36.2 Å². The first-order valence-corrected chi connectivity index (χ1v) is 8.89. The molecule has 6 heteroatoms. The predicted molar refractivity (Wildman–Crippen MR) is 81.2 cm³/mol. The van der Waals surface area contributed by atoms with Crippen molar-refractivity contribution in [2.75, 3.05) is 13.1 Å². The van der Waals surface area contributed by atoms with Gasteiger partial charge in [-0.25, -0.2) is 8.42 Å². The molecule has 1 aromatic carbocycles. The monoisotopic (exact) mass is 310 g/mol. The fourth-order valence-electron chi connectivity index (χ4n) is 2.47. The fourth-order valence-corrected chi connectivity index (χ4v) is 5.81. The Morgan fingerprint density at radius 1 is 1.30 bits per heavy atom. The van der Waals surface area contributed by atoms with Gasteiger partial charge in [0.25, 0.3) is 0 Å². The quantitative estimate of drug-likeness (QED) is 0.841. The summed E-state index contributed by atoms with van der Waals surface area (Å²) in [5.41, 5.74) is 1.11. The molecular formula is C14H18N2O2S2. The van der Waals surface area contributed by atoms with E-state index in [1.165, 1.54) is 0 Å². The van der Waals surface area contributed by atoms with Gasteiger partial charge in [-0.15, -0.1) is 0 Å². The van der Waals surface area contributed by atoms with Crippen LogP contribution >= 0.6 is 11.8 Å². The molecule has 2 rings (SSSR count). The second-order valence-corrected chi connectivity index (χ2v) is 8.96. The van der Waals surface area contributed by atoms with E-state index < -0.39 is 10.0 Å². The van der Waals surface area contributed by atoms with E-state index in [4.69, 9.17) is 5.26 Å². The lowest BCUT2D eigenvalue weighted by Gasteiger charge is -2.34. The van der Waals surface area contributed by atoms with E-state index in [-0.39, 0.29) is 0 Å². The Kier molecular flexibility index (Phi) is 4.43. The zero-order chi connectivity index (χ0) is 14.9. The number of hydrogen-bond donors (Lipinski definition) is 0. The lowest BCUT2D eigenvalue weighted by molar-refractivity contribution is 0.404. The molecule has 0 aliphatic carbocycles. The van der Waals surface area contributed by atoms with Gasteiger partial charge in [-0.2, -0.15) is 21.3 Å². The lowest BCUT2D eigenvalue weighted by atomic mass is 10.2. The number of benzene rings is 1. The average molecular weight is 310 g/mol. The molecule has 0 aromatic heterocycles. The van der Waals surface area contributed by atoms with Gasteiger partial charge < -0.3 is 0 Å². The van der Waals surface area contributed by atoms with Crippen molar-refractivity contribution in [3.63, 3.8) is 0 Å². The Balaban J connectivity index is 2.38. The number of nitrogens with zero attached hydrogens (tertiary/aromatic N) is 2. The molecule has 0 spiro atoms. The van der Waals surface area contributed by atoms with Crippen molar-refractivity contribution in [2.24, 2.45) is 0 Å². The summed E-state index contributed by atoms with van der Waals surface area (Å²) in [4.78, 5) is 0.308. The second kappa shape index (κ2) is 5.76. The maximum Gasteiger partial charge on any atom is 0.243 e. The summed E-state index contributed by atoms with van der Waals surface area (Å²) >= 11 is 1.82. The van der Waals surface area contributed by atoms with Crippen LogP contribution in [0, 0.1) is 18.3 Å². The molecule has 2 atom stereocenters. The van der Waals surface area contributed by atoms with Crippen molar-refractivity contribution in [1.29, 1.82) is 5.26 Å². The van der Waals surface area contributed by atoms with Crippen LogP contribution in [-0.2, 0) is 10.0 Å². The molecule has 1 aliphatic heterocycles. The highest BCUT2D eigenvalue weighted by molar-refractivity contribution is 8.00. The molecular weight excluding hydrogens is 292 g/mol. The third-order valence-corrected chi connectivity index (χ3v) is 6.53. The molecule has 1 aliphatic rings. The molecule has 108 valence electrons. The van der Waals surface area contributed by atoms with Gasteiger partial charge in [-0.1, -0.05) is 13.8 Å². The molecule has 0 N–H and O–H groups in total. The lowest BCUT2D eigenvalue weighted by Crippen LogP contribution is -2.44. The number of hydrogen-bond acceptors (Lipinski definition) is 4. The normalized spacial score (nSPS) is 24.3. The number of thioether (sulfide) groups is 1. The minimum atomic E-state index is -3.47. The molecule has 0 amide bonds. The Morgan fingerprint density at radius 3 is 2.40 bits per heavy atom. The third kappa shape index (κ3) is 3.00. The summed E-state index contributed by atoms with van der Waals surface area (Å²) in [6.07, 6.45) is 0. The predicted octanol–water partition coefficient (Wildman–Crippen LogP) is 2.38. The fraction of sp³-hybridized carbons (Fsp3) is 0.500. The van der Waals surface area contributed by atoms with Crippen LogP contribution < -0.4 is 0 Å². The molecule has 1 saturated heterocycles. The highest BCUT2D eigenvalue weighted by atomic mass is 32.2. The SMILES string of the molecule is Cc1cc(C#N)ccc1S(=O)(=O)N1CC(C)SC(C)C1. The Morgan fingerprint density at radius 2 is 1.90 bits per heavy atom. The first-order chi connectivity index (χ1) is 9.34. The van der Waals surface area contributed by atoms with Gasteiger partial charge in [-0.05, 0) is 30.7 Å². The largest absolute Gasteiger partial charge is 0.243 e. The highest BCUT2D eigenvalue weighted by Gasteiger charge is 2.32. The van der Waals surface area contributed by atoms with Crippen LogP contribution in [0.5, 0.6) is 0 Å². The van der Waals surface area contributed by atoms with Crippen LogP contribution in [0.1, 0.15) is 25.0 Å². The van der Waals surface area contributed by atoms with Gasteiger partial charge in [0.15, 0.2) is 0 Å². The van der Waals surface area contributed by atoms with Crippen molar-refractivity contribution < 1.29 is 8.42 Å². The molecule has 1 heterocycles. The number of aryl methyl sites for hydroxylation is 1. The van der Waals surface area contributed by atoms with Gasteiger partial charge in [0.1, 0.15) is 0 Å². The maximum atomic E-state index is 12.7. The smallest absolute Gasteiger partial charge is 0.207 e. The van der Waals surface area contributed by atoms with E-state index in [0.29, 0.717) is 39.6 Å². The minimum absolute atomic E-state index is 0.298. The average Bonchev–Trinajstić information content (AvgIpc) is 2.37. The van der Waals surface area contributed by atoms with Crippen molar-refractivity contribution in [1.82, 2.24) is 4.31 Å². The summed E-state index contributed by atoms with van der Waals surface area (Å²) in [6, 6.07) is 6.75. The molecule has 1 aromatic rings. The minimum Gasteiger partial charge on any atom is -0.207 e. The van der Waals surface area contributed by atoms with Crippen LogP contribution in [0.15, 0.2) is 23.1 Å². The van der Waals surface area contributed by atoms with Crippen LogP contribution in [0.4, 0.5) is 0 Å². The van der Waals surface area contributed by atoms with Crippen LogP contribution in [0.25, 0.3) is 0 Å². The topological polar surface area (TPSA) is 61.2 Å². The van der Waals surface area contributed by atoms with Crippen molar-refractivity contribution in [3.05, 3.63) is 29.3 Å². The van der Waals surface area contributed by atoms with Crippen LogP contribution in [0.3, 0.4) is 0 Å². The molecule has 0 radical (unpaired) electrons. The van der Waals surface area contributed by atoms with E-state index in [1.54, 1.807) is 29.4 Å². The first-order valence-electron chi connectivity index (χ1n) is 6.51. The van der Waals surface area contributed by atoms with Gasteiger partial charge in [-0.3, -0.25) is 0 Å². The van der Waals surface area contributed by atoms with E-state index >= 15 is 0 Å². The zero-order valence-electron chi connectivity index (χ0n) is 11.8. The molecule has 20 heavy (non-hydrogen) atoms. The second-order valence-electron chi connectivity index (χ2n) is 5.17. The molecule has 2 unspecified atom stereocenters. The first kappa shape index (κ1) is 15.4. The molecule has 0 bridgehead atoms.